The van der Waals surface area contributed by atoms with Crippen LogP contribution in [0.5, 0.6) is 0 Å². The van der Waals surface area contributed by atoms with Gasteiger partial charge in [-0.05, 0) is 12.2 Å². The summed E-state index contributed by atoms with van der Waals surface area (Å²) in [6, 6.07) is 0. The van der Waals surface area contributed by atoms with Gasteiger partial charge in [0, 0.05) is 16.6 Å². The van der Waals surface area contributed by atoms with Crippen molar-refractivity contribution < 1.29 is 0 Å². The molecule has 0 nitrogen and oxygen atoms in total. The van der Waals surface area contributed by atoms with Gasteiger partial charge in [-0.1, -0.05) is 47.0 Å². The molecular weight excluding hydrogens is 389 g/mol. The molecule has 0 atom stereocenters. The molecule has 0 aliphatic carbocycles. The van der Waals surface area contributed by atoms with E-state index >= 15 is 0 Å². The molecule has 0 saturated heterocycles. The molecule has 0 N–H and O–H groups in total. The first-order valence-electron chi connectivity index (χ1n) is 5.51. The molecule has 0 unspecified atom stereocenters. The van der Waals surface area contributed by atoms with E-state index in [-0.39, 0.29) is 0 Å². The van der Waals surface area contributed by atoms with E-state index in [1.54, 1.807) is 0 Å². The average molecular weight is 397 g/mol. The van der Waals surface area contributed by atoms with Crippen molar-refractivity contribution in [2.45, 2.75) is 0 Å². The van der Waals surface area contributed by atoms with Gasteiger partial charge in [-0.15, -0.1) is 47.0 Å². The van der Waals surface area contributed by atoms with Gasteiger partial charge < -0.3 is 0 Å². The summed E-state index contributed by atoms with van der Waals surface area (Å²) in [6.07, 6.45) is 4.61. The van der Waals surface area contributed by atoms with Crippen LogP contribution in [0.15, 0.2) is 37.6 Å². The zero-order valence-corrected chi connectivity index (χ0v) is 16.1. The highest BCUT2D eigenvalue weighted by atomic mass is 32.3. The summed E-state index contributed by atoms with van der Waals surface area (Å²) >= 11 is 15.8. The first-order valence-corrected chi connectivity index (χ1v) is 12.7. The Morgan fingerprint density at radius 2 is 1.00 bits per heavy atom. The van der Waals surface area contributed by atoms with E-state index in [9.17, 15) is 0 Å². The fourth-order valence-corrected chi connectivity index (χ4v) is 13.6. The average Bonchev–Trinajstić information content (AvgIpc) is 3.09. The molecule has 0 amide bonds. The fourth-order valence-electron chi connectivity index (χ4n) is 1.60. The maximum absolute atomic E-state index is 2.31. The maximum Gasteiger partial charge on any atom is 0.0668 e. The molecule has 19 heavy (non-hydrogen) atoms. The second-order valence-electron chi connectivity index (χ2n) is 3.63. The van der Waals surface area contributed by atoms with E-state index in [0.29, 0.717) is 0 Å². The normalized spacial score (nSPS) is 26.1. The van der Waals surface area contributed by atoms with Crippen LogP contribution in [-0.4, -0.2) is 16.6 Å². The second kappa shape index (κ2) is 6.48. The third kappa shape index (κ3) is 3.25. The topological polar surface area (TPSA) is 0 Å². The van der Waals surface area contributed by atoms with Crippen LogP contribution < -0.4 is 0 Å². The van der Waals surface area contributed by atoms with Crippen LogP contribution >= 0.6 is 94.1 Å². The zero-order chi connectivity index (χ0) is 12.7. The summed E-state index contributed by atoms with van der Waals surface area (Å²) in [5, 5.41) is 1.20. The highest BCUT2D eigenvalue weighted by molar-refractivity contribution is 8.45. The van der Waals surface area contributed by atoms with Crippen molar-refractivity contribution in [1.82, 2.24) is 0 Å². The van der Waals surface area contributed by atoms with E-state index in [1.807, 2.05) is 94.1 Å². The number of rotatable bonds is 1. The van der Waals surface area contributed by atoms with Crippen LogP contribution in [0.3, 0.4) is 0 Å². The lowest BCUT2D eigenvalue weighted by Crippen LogP contribution is -1.88. The third-order valence-electron chi connectivity index (χ3n) is 2.39. The van der Waals surface area contributed by atoms with Crippen molar-refractivity contribution in [2.24, 2.45) is 0 Å². The molecule has 0 fully saturated rings. The molecule has 0 radical (unpaired) electrons. The van der Waals surface area contributed by atoms with Gasteiger partial charge in [0.15, 0.2) is 0 Å². The maximum atomic E-state index is 2.31. The van der Waals surface area contributed by atoms with Crippen molar-refractivity contribution in [3.63, 3.8) is 0 Å². The van der Waals surface area contributed by atoms with Crippen LogP contribution in [0.25, 0.3) is 0 Å². The Labute approximate surface area is 147 Å². The number of allylic oxidation sites excluding steroid dienone is 2. The van der Waals surface area contributed by atoms with Gasteiger partial charge in [-0.3, -0.25) is 0 Å². The number of thioether (sulfide) groups is 8. The lowest BCUT2D eigenvalue weighted by molar-refractivity contribution is 1.56. The largest absolute Gasteiger partial charge is 0.116 e. The third-order valence-corrected chi connectivity index (χ3v) is 13.6. The molecule has 100 valence electrons. The van der Waals surface area contributed by atoms with Crippen molar-refractivity contribution in [3.8, 4) is 0 Å². The van der Waals surface area contributed by atoms with E-state index in [0.717, 1.165) is 0 Å². The van der Waals surface area contributed by atoms with Crippen molar-refractivity contribution in [3.05, 3.63) is 37.6 Å². The Kier molecular flexibility index (Phi) is 4.90. The molecule has 8 heteroatoms. The van der Waals surface area contributed by atoms with Crippen LogP contribution in [0, 0.1) is 0 Å². The first-order chi connectivity index (χ1) is 9.38. The van der Waals surface area contributed by atoms with Crippen LogP contribution in [0.2, 0.25) is 0 Å². The van der Waals surface area contributed by atoms with Crippen LogP contribution in [0.1, 0.15) is 0 Å². The minimum atomic E-state index is 1.20. The van der Waals surface area contributed by atoms with Gasteiger partial charge >= 0.3 is 0 Å². The molecule has 4 heterocycles. The minimum Gasteiger partial charge on any atom is -0.116 e. The van der Waals surface area contributed by atoms with Gasteiger partial charge in [-0.2, -0.15) is 0 Å². The molecule has 0 spiro atoms. The van der Waals surface area contributed by atoms with Crippen molar-refractivity contribution in [1.29, 1.82) is 0 Å². The highest BCUT2D eigenvalue weighted by Gasteiger charge is 2.27. The fraction of sp³-hybridized carbons (Fsp3) is 0.273. The lowest BCUT2D eigenvalue weighted by atomic mass is 10.6. The Hall–Kier alpha value is 1.76. The summed E-state index contributed by atoms with van der Waals surface area (Å²) in [7, 11) is 0. The van der Waals surface area contributed by atoms with Gasteiger partial charge in [-0.25, -0.2) is 0 Å². The highest BCUT2D eigenvalue weighted by Crippen LogP contribution is 2.63. The molecule has 0 aromatic heterocycles. The quantitative estimate of drug-likeness (QED) is 0.468. The van der Waals surface area contributed by atoms with Gasteiger partial charge in [0.1, 0.15) is 0 Å². The Bertz CT molecular complexity index is 503. The van der Waals surface area contributed by atoms with E-state index in [1.165, 1.54) is 42.0 Å². The predicted octanol–water partition coefficient (Wildman–Crippen LogP) is 6.80. The van der Waals surface area contributed by atoms with E-state index < -0.39 is 0 Å². The summed E-state index contributed by atoms with van der Waals surface area (Å²) in [5.41, 5.74) is 0. The standard InChI is InChI=1S/C11H8S8/c1(2-7-18-10-11(19-7)15-5-14-10)6-16-8-9(17-6)13-4-3-12-8/h1-2H,3-5H2. The number of hydrogen-bond acceptors (Lipinski definition) is 8. The molecule has 4 rings (SSSR count). The molecular formula is C11H8S8. The Balaban J connectivity index is 1.42. The SMILES string of the molecule is C(C=C1SC2=C(SCS2)S1)=C1SC2=C(SCCS2)S1. The van der Waals surface area contributed by atoms with Gasteiger partial charge in [0.25, 0.3) is 0 Å². The minimum absolute atomic E-state index is 1.20. The zero-order valence-electron chi connectivity index (χ0n) is 9.54. The molecule has 0 bridgehead atoms. The molecule has 4 aliphatic heterocycles. The lowest BCUT2D eigenvalue weighted by Gasteiger charge is -2.08. The number of hydrogen-bond donors (Lipinski definition) is 0. The molecule has 4 aliphatic rings. The van der Waals surface area contributed by atoms with Crippen LogP contribution in [0.4, 0.5) is 0 Å². The molecule has 0 aromatic carbocycles. The Morgan fingerprint density at radius 1 is 0.579 bits per heavy atom. The molecule has 0 aromatic rings. The van der Waals surface area contributed by atoms with Crippen molar-refractivity contribution >= 4 is 94.1 Å². The monoisotopic (exact) mass is 396 g/mol. The van der Waals surface area contributed by atoms with Gasteiger partial charge in [0.05, 0.1) is 25.4 Å². The Morgan fingerprint density at radius 3 is 1.47 bits per heavy atom. The predicted molar refractivity (Wildman–Crippen MR) is 106 cm³/mol. The molecule has 0 saturated carbocycles. The smallest absolute Gasteiger partial charge is 0.0668 e. The van der Waals surface area contributed by atoms with Crippen molar-refractivity contribution in [2.75, 3.05) is 16.6 Å². The summed E-state index contributed by atoms with van der Waals surface area (Å²) in [4.78, 5) is 0. The summed E-state index contributed by atoms with van der Waals surface area (Å²) in [6.45, 7) is 0. The summed E-state index contributed by atoms with van der Waals surface area (Å²) < 4.78 is 8.98. The van der Waals surface area contributed by atoms with Crippen LogP contribution in [-0.2, 0) is 0 Å². The van der Waals surface area contributed by atoms with E-state index in [2.05, 4.69) is 12.2 Å². The van der Waals surface area contributed by atoms with E-state index in [4.69, 9.17) is 0 Å². The van der Waals surface area contributed by atoms with Gasteiger partial charge in [0.2, 0.25) is 0 Å². The summed E-state index contributed by atoms with van der Waals surface area (Å²) in [5.74, 6) is 2.53. The second-order valence-corrected chi connectivity index (χ2v) is 13.9. The first kappa shape index (κ1) is 14.4.